The molecule has 7 heteroatoms. The zero-order valence-corrected chi connectivity index (χ0v) is 15.0. The van der Waals surface area contributed by atoms with Crippen molar-refractivity contribution in [3.63, 3.8) is 0 Å². The molecule has 5 nitrogen and oxygen atoms in total. The quantitative estimate of drug-likeness (QED) is 0.818. The predicted molar refractivity (Wildman–Crippen MR) is 95.5 cm³/mol. The molecular formula is C18H21FN2O3S. The number of nitrogens with one attached hydrogen (secondary N) is 1. The number of para-hydroxylation sites is 1. The first-order valence-electron chi connectivity index (χ1n) is 7.98. The van der Waals surface area contributed by atoms with Gasteiger partial charge in [0.15, 0.2) is 0 Å². The highest BCUT2D eigenvalue weighted by molar-refractivity contribution is 7.92. The summed E-state index contributed by atoms with van der Waals surface area (Å²) in [5.41, 5.74) is 0.465. The van der Waals surface area contributed by atoms with Crippen LogP contribution in [0.25, 0.3) is 0 Å². The molecule has 0 unspecified atom stereocenters. The van der Waals surface area contributed by atoms with Crippen LogP contribution in [0.2, 0.25) is 0 Å². The lowest BCUT2D eigenvalue weighted by Crippen LogP contribution is -2.28. The minimum atomic E-state index is -3.92. The number of carbonyl (C=O) groups is 1. The van der Waals surface area contributed by atoms with E-state index < -0.39 is 15.8 Å². The normalized spacial score (nSPS) is 11.2. The predicted octanol–water partition coefficient (Wildman–Crippen LogP) is 3.50. The van der Waals surface area contributed by atoms with E-state index in [2.05, 4.69) is 4.72 Å². The number of nitrogens with zero attached hydrogens (tertiary/aromatic N) is 1. The number of carbonyl (C=O) groups excluding carboxylic acids is 1. The second-order valence-corrected chi connectivity index (χ2v) is 7.37. The van der Waals surface area contributed by atoms with E-state index in [0.29, 0.717) is 6.54 Å². The molecule has 25 heavy (non-hydrogen) atoms. The van der Waals surface area contributed by atoms with Gasteiger partial charge in [-0.05, 0) is 42.8 Å². The van der Waals surface area contributed by atoms with Gasteiger partial charge in [-0.1, -0.05) is 25.5 Å². The molecule has 0 saturated carbocycles. The van der Waals surface area contributed by atoms with Crippen LogP contribution in [-0.2, 0) is 10.0 Å². The Morgan fingerprint density at radius 1 is 1.12 bits per heavy atom. The molecule has 0 spiro atoms. The van der Waals surface area contributed by atoms with Crippen LogP contribution in [0.5, 0.6) is 0 Å². The standard InChI is InChI=1S/C18H21FN2O3S/c1-3-4-13-21(2)18(22)16-7-5-6-8-17(16)20-25(23,24)15-11-9-14(19)10-12-15/h5-12,20H,3-4,13H2,1-2H3. The summed E-state index contributed by atoms with van der Waals surface area (Å²) < 4.78 is 40.4. The maximum atomic E-state index is 13.0. The average molecular weight is 364 g/mol. The smallest absolute Gasteiger partial charge is 0.261 e. The molecule has 0 radical (unpaired) electrons. The molecule has 1 amide bonds. The third-order valence-corrected chi connectivity index (χ3v) is 5.10. The second kappa shape index (κ2) is 8.11. The molecule has 1 N–H and O–H groups in total. The maximum absolute atomic E-state index is 13.0. The van der Waals surface area contributed by atoms with Gasteiger partial charge in [-0.2, -0.15) is 0 Å². The molecule has 134 valence electrons. The van der Waals surface area contributed by atoms with Gasteiger partial charge in [0.1, 0.15) is 5.82 Å². The SMILES string of the molecule is CCCCN(C)C(=O)c1ccccc1NS(=O)(=O)c1ccc(F)cc1. The molecule has 0 atom stereocenters. The van der Waals surface area contributed by atoms with E-state index in [1.165, 1.54) is 18.2 Å². The molecule has 2 aromatic rings. The minimum Gasteiger partial charge on any atom is -0.342 e. The number of unbranched alkanes of at least 4 members (excludes halogenated alkanes) is 1. The Morgan fingerprint density at radius 3 is 2.40 bits per heavy atom. The Labute approximate surface area is 147 Å². The molecule has 0 aromatic heterocycles. The number of halogens is 1. The Morgan fingerprint density at radius 2 is 1.76 bits per heavy atom. The largest absolute Gasteiger partial charge is 0.342 e. The van der Waals surface area contributed by atoms with Gasteiger partial charge < -0.3 is 4.90 Å². The van der Waals surface area contributed by atoms with Crippen LogP contribution < -0.4 is 4.72 Å². The van der Waals surface area contributed by atoms with Gasteiger partial charge in [-0.25, -0.2) is 12.8 Å². The van der Waals surface area contributed by atoms with E-state index in [1.54, 1.807) is 30.1 Å². The second-order valence-electron chi connectivity index (χ2n) is 5.69. The van der Waals surface area contributed by atoms with Gasteiger partial charge in [0.05, 0.1) is 16.1 Å². The van der Waals surface area contributed by atoms with Crippen LogP contribution >= 0.6 is 0 Å². The number of amides is 1. The number of anilines is 1. The van der Waals surface area contributed by atoms with E-state index in [4.69, 9.17) is 0 Å². The lowest BCUT2D eigenvalue weighted by Gasteiger charge is -2.19. The van der Waals surface area contributed by atoms with Crippen LogP contribution in [0.3, 0.4) is 0 Å². The number of rotatable bonds is 7. The van der Waals surface area contributed by atoms with Crippen molar-refractivity contribution < 1.29 is 17.6 Å². The van der Waals surface area contributed by atoms with Crippen molar-refractivity contribution in [1.29, 1.82) is 0 Å². The average Bonchev–Trinajstić information content (AvgIpc) is 2.59. The van der Waals surface area contributed by atoms with Gasteiger partial charge in [-0.3, -0.25) is 9.52 Å². The molecule has 0 fully saturated rings. The minimum absolute atomic E-state index is 0.0736. The first-order chi connectivity index (χ1) is 11.8. The fraction of sp³-hybridized carbons (Fsp3) is 0.278. The highest BCUT2D eigenvalue weighted by Crippen LogP contribution is 2.21. The summed E-state index contributed by atoms with van der Waals surface area (Å²) in [6, 6.07) is 10.9. The Bertz CT molecular complexity index is 836. The molecule has 0 aliphatic carbocycles. The maximum Gasteiger partial charge on any atom is 0.261 e. The zero-order valence-electron chi connectivity index (χ0n) is 14.2. The van der Waals surface area contributed by atoms with E-state index in [-0.39, 0.29) is 22.1 Å². The molecule has 0 heterocycles. The van der Waals surface area contributed by atoms with E-state index in [0.717, 1.165) is 25.0 Å². The number of hydrogen-bond donors (Lipinski definition) is 1. The fourth-order valence-electron chi connectivity index (χ4n) is 2.28. The third-order valence-electron chi connectivity index (χ3n) is 3.72. The van der Waals surface area contributed by atoms with Crippen LogP contribution in [0, 0.1) is 5.82 Å². The zero-order chi connectivity index (χ0) is 18.4. The van der Waals surface area contributed by atoms with Crippen molar-refractivity contribution in [2.75, 3.05) is 18.3 Å². The Balaban J connectivity index is 2.28. The van der Waals surface area contributed by atoms with Gasteiger partial charge in [0.2, 0.25) is 0 Å². The molecule has 2 aromatic carbocycles. The van der Waals surface area contributed by atoms with Gasteiger partial charge >= 0.3 is 0 Å². The summed E-state index contributed by atoms with van der Waals surface area (Å²) >= 11 is 0. The summed E-state index contributed by atoms with van der Waals surface area (Å²) in [6.45, 7) is 2.62. The van der Waals surface area contributed by atoms with E-state index >= 15 is 0 Å². The van der Waals surface area contributed by atoms with Gasteiger partial charge in [0.25, 0.3) is 15.9 Å². The Kier molecular flexibility index (Phi) is 6.14. The van der Waals surface area contributed by atoms with Crippen molar-refractivity contribution >= 4 is 21.6 Å². The number of sulfonamides is 1. The highest BCUT2D eigenvalue weighted by atomic mass is 32.2. The lowest BCUT2D eigenvalue weighted by molar-refractivity contribution is 0.0794. The van der Waals surface area contributed by atoms with E-state index in [9.17, 15) is 17.6 Å². The summed E-state index contributed by atoms with van der Waals surface area (Å²) in [4.78, 5) is 14.1. The monoisotopic (exact) mass is 364 g/mol. The summed E-state index contributed by atoms with van der Waals surface area (Å²) in [7, 11) is -2.23. The van der Waals surface area contributed by atoms with Crippen molar-refractivity contribution in [3.05, 3.63) is 59.9 Å². The van der Waals surface area contributed by atoms with Crippen LogP contribution in [0.4, 0.5) is 10.1 Å². The van der Waals surface area contributed by atoms with Crippen LogP contribution in [0.15, 0.2) is 53.4 Å². The molecule has 0 saturated heterocycles. The number of hydrogen-bond acceptors (Lipinski definition) is 3. The van der Waals surface area contributed by atoms with Gasteiger partial charge in [0, 0.05) is 13.6 Å². The Hall–Kier alpha value is -2.41. The topological polar surface area (TPSA) is 66.5 Å². The van der Waals surface area contributed by atoms with Crippen molar-refractivity contribution in [3.8, 4) is 0 Å². The van der Waals surface area contributed by atoms with E-state index in [1.807, 2.05) is 6.92 Å². The highest BCUT2D eigenvalue weighted by Gasteiger charge is 2.20. The third kappa shape index (κ3) is 4.79. The van der Waals surface area contributed by atoms with Crippen molar-refractivity contribution in [1.82, 2.24) is 4.90 Å². The van der Waals surface area contributed by atoms with Crippen molar-refractivity contribution in [2.45, 2.75) is 24.7 Å². The molecule has 0 aliphatic heterocycles. The number of benzene rings is 2. The molecular weight excluding hydrogens is 343 g/mol. The summed E-state index contributed by atoms with van der Waals surface area (Å²) in [6.07, 6.45) is 1.82. The van der Waals surface area contributed by atoms with Crippen molar-refractivity contribution in [2.24, 2.45) is 0 Å². The molecule has 2 rings (SSSR count). The van der Waals surface area contributed by atoms with Crippen LogP contribution in [-0.4, -0.2) is 32.8 Å². The summed E-state index contributed by atoms with van der Waals surface area (Å²) in [5, 5.41) is 0. The first-order valence-corrected chi connectivity index (χ1v) is 9.46. The molecule has 0 aliphatic rings. The molecule has 0 bridgehead atoms. The first kappa shape index (κ1) is 18.9. The van der Waals surface area contributed by atoms with Gasteiger partial charge in [-0.15, -0.1) is 0 Å². The van der Waals surface area contributed by atoms with Crippen LogP contribution in [0.1, 0.15) is 30.1 Å². The lowest BCUT2D eigenvalue weighted by atomic mass is 10.1. The summed E-state index contributed by atoms with van der Waals surface area (Å²) in [5.74, 6) is -0.780. The fourth-order valence-corrected chi connectivity index (χ4v) is 3.36.